The second kappa shape index (κ2) is 4.85. The quantitative estimate of drug-likeness (QED) is 0.768. The van der Waals surface area contributed by atoms with E-state index in [9.17, 15) is 9.59 Å². The zero-order valence-electron chi connectivity index (χ0n) is 10.7. The highest BCUT2D eigenvalue weighted by molar-refractivity contribution is 5.78. The molecule has 1 N–H and O–H groups in total. The molecule has 2 amide bonds. The lowest BCUT2D eigenvalue weighted by Crippen LogP contribution is -2.54. The highest BCUT2D eigenvalue weighted by Crippen LogP contribution is 2.22. The molecule has 1 saturated heterocycles. The van der Waals surface area contributed by atoms with Crippen molar-refractivity contribution in [3.63, 3.8) is 0 Å². The van der Waals surface area contributed by atoms with Crippen LogP contribution >= 0.6 is 0 Å². The molecule has 1 aliphatic heterocycles. The van der Waals surface area contributed by atoms with Gasteiger partial charge in [0.2, 0.25) is 11.8 Å². The van der Waals surface area contributed by atoms with Gasteiger partial charge in [0.1, 0.15) is 0 Å². The topological polar surface area (TPSA) is 49.4 Å². The van der Waals surface area contributed by atoms with Crippen molar-refractivity contribution in [1.29, 1.82) is 0 Å². The predicted molar refractivity (Wildman–Crippen MR) is 62.9 cm³/mol. The maximum atomic E-state index is 11.8. The van der Waals surface area contributed by atoms with Gasteiger partial charge in [-0.3, -0.25) is 9.59 Å². The van der Waals surface area contributed by atoms with Crippen LogP contribution in [0.25, 0.3) is 0 Å². The monoisotopic (exact) mass is 226 g/mol. The van der Waals surface area contributed by atoms with Crippen molar-refractivity contribution in [3.8, 4) is 0 Å². The number of rotatable bonds is 2. The average Bonchev–Trinajstić information content (AvgIpc) is 2.16. The molecule has 0 aromatic heterocycles. The SMILES string of the molecule is CC(=O)NC1(C)CCN(C(=O)C(C)C)CC1. The number of piperidine rings is 1. The molecule has 0 aliphatic carbocycles. The summed E-state index contributed by atoms with van der Waals surface area (Å²) >= 11 is 0. The minimum absolute atomic E-state index is 0.00568. The van der Waals surface area contributed by atoms with Crippen LogP contribution in [0, 0.1) is 5.92 Å². The van der Waals surface area contributed by atoms with Gasteiger partial charge in [0, 0.05) is 31.5 Å². The molecule has 0 aromatic rings. The summed E-state index contributed by atoms with van der Waals surface area (Å²) in [4.78, 5) is 24.7. The summed E-state index contributed by atoms with van der Waals surface area (Å²) in [6.45, 7) is 8.91. The van der Waals surface area contributed by atoms with Gasteiger partial charge in [-0.2, -0.15) is 0 Å². The van der Waals surface area contributed by atoms with E-state index < -0.39 is 0 Å². The van der Waals surface area contributed by atoms with Crippen molar-refractivity contribution < 1.29 is 9.59 Å². The van der Waals surface area contributed by atoms with Crippen molar-refractivity contribution in [2.45, 2.75) is 46.1 Å². The first-order valence-electron chi connectivity index (χ1n) is 5.91. The third kappa shape index (κ3) is 3.22. The van der Waals surface area contributed by atoms with Crippen LogP contribution in [0.15, 0.2) is 0 Å². The van der Waals surface area contributed by atoms with Crippen molar-refractivity contribution in [2.75, 3.05) is 13.1 Å². The van der Waals surface area contributed by atoms with Crippen LogP contribution in [0.4, 0.5) is 0 Å². The number of amides is 2. The van der Waals surface area contributed by atoms with E-state index in [1.165, 1.54) is 6.92 Å². The van der Waals surface area contributed by atoms with Gasteiger partial charge >= 0.3 is 0 Å². The molecule has 0 spiro atoms. The Morgan fingerprint density at radius 2 is 1.75 bits per heavy atom. The molecule has 16 heavy (non-hydrogen) atoms. The molecular formula is C12H22N2O2. The first kappa shape index (κ1) is 13.0. The third-order valence-corrected chi connectivity index (χ3v) is 3.15. The van der Waals surface area contributed by atoms with Gasteiger partial charge in [-0.1, -0.05) is 13.8 Å². The van der Waals surface area contributed by atoms with E-state index in [-0.39, 0.29) is 23.3 Å². The van der Waals surface area contributed by atoms with Gasteiger partial charge in [-0.25, -0.2) is 0 Å². The van der Waals surface area contributed by atoms with Crippen LogP contribution in [-0.2, 0) is 9.59 Å². The summed E-state index contributed by atoms with van der Waals surface area (Å²) in [5.41, 5.74) is -0.139. The van der Waals surface area contributed by atoms with E-state index >= 15 is 0 Å². The predicted octanol–water partition coefficient (Wildman–Crippen LogP) is 1.16. The summed E-state index contributed by atoms with van der Waals surface area (Å²) in [5, 5.41) is 2.97. The summed E-state index contributed by atoms with van der Waals surface area (Å²) in [6.07, 6.45) is 1.68. The van der Waals surface area contributed by atoms with Gasteiger partial charge in [0.25, 0.3) is 0 Å². The van der Waals surface area contributed by atoms with Crippen LogP contribution in [0.2, 0.25) is 0 Å². The summed E-state index contributed by atoms with van der Waals surface area (Å²) in [6, 6.07) is 0. The zero-order chi connectivity index (χ0) is 12.3. The molecule has 1 heterocycles. The van der Waals surface area contributed by atoms with Crippen LogP contribution in [0.1, 0.15) is 40.5 Å². The van der Waals surface area contributed by atoms with Crippen LogP contribution in [0.5, 0.6) is 0 Å². The highest BCUT2D eigenvalue weighted by Gasteiger charge is 2.32. The second-order valence-corrected chi connectivity index (χ2v) is 5.22. The fourth-order valence-corrected chi connectivity index (χ4v) is 2.14. The zero-order valence-corrected chi connectivity index (χ0v) is 10.7. The Kier molecular flexibility index (Phi) is 3.94. The number of nitrogens with zero attached hydrogens (tertiary/aromatic N) is 1. The fraction of sp³-hybridized carbons (Fsp3) is 0.833. The first-order chi connectivity index (χ1) is 7.34. The Bertz CT molecular complexity index is 279. The minimum Gasteiger partial charge on any atom is -0.351 e. The van der Waals surface area contributed by atoms with Crippen molar-refractivity contribution in [2.24, 2.45) is 5.92 Å². The number of hydrogen-bond donors (Lipinski definition) is 1. The number of nitrogens with one attached hydrogen (secondary N) is 1. The van der Waals surface area contributed by atoms with E-state index in [0.717, 1.165) is 25.9 Å². The van der Waals surface area contributed by atoms with E-state index in [2.05, 4.69) is 5.32 Å². The van der Waals surface area contributed by atoms with Crippen molar-refractivity contribution >= 4 is 11.8 Å². The van der Waals surface area contributed by atoms with Gasteiger partial charge in [0.05, 0.1) is 0 Å². The third-order valence-electron chi connectivity index (χ3n) is 3.15. The van der Waals surface area contributed by atoms with Gasteiger partial charge in [0.15, 0.2) is 0 Å². The summed E-state index contributed by atoms with van der Waals surface area (Å²) in [5.74, 6) is 0.279. The molecule has 0 atom stereocenters. The Labute approximate surface area is 97.4 Å². The molecule has 0 aromatic carbocycles. The highest BCUT2D eigenvalue weighted by atomic mass is 16.2. The average molecular weight is 226 g/mol. The van der Waals surface area contributed by atoms with E-state index in [1.807, 2.05) is 25.7 Å². The molecule has 4 heteroatoms. The number of carbonyl (C=O) groups is 2. The summed E-state index contributed by atoms with van der Waals surface area (Å²) < 4.78 is 0. The molecule has 0 unspecified atom stereocenters. The Balaban J connectivity index is 2.50. The Morgan fingerprint density at radius 1 is 1.25 bits per heavy atom. The number of carbonyl (C=O) groups excluding carboxylic acids is 2. The van der Waals surface area contributed by atoms with Gasteiger partial charge in [-0.15, -0.1) is 0 Å². The lowest BCUT2D eigenvalue weighted by Gasteiger charge is -2.40. The number of likely N-dealkylation sites (tertiary alicyclic amines) is 1. The summed E-state index contributed by atoms with van der Waals surface area (Å²) in [7, 11) is 0. The smallest absolute Gasteiger partial charge is 0.225 e. The normalized spacial score (nSPS) is 19.7. The lowest BCUT2D eigenvalue weighted by atomic mass is 9.89. The van der Waals surface area contributed by atoms with E-state index in [1.54, 1.807) is 0 Å². The molecular weight excluding hydrogens is 204 g/mol. The largest absolute Gasteiger partial charge is 0.351 e. The molecule has 92 valence electrons. The van der Waals surface area contributed by atoms with E-state index in [0.29, 0.717) is 0 Å². The Morgan fingerprint density at radius 3 is 2.12 bits per heavy atom. The van der Waals surface area contributed by atoms with Crippen LogP contribution in [-0.4, -0.2) is 35.3 Å². The van der Waals surface area contributed by atoms with Gasteiger partial charge in [-0.05, 0) is 19.8 Å². The number of hydrogen-bond acceptors (Lipinski definition) is 2. The lowest BCUT2D eigenvalue weighted by molar-refractivity contribution is -0.136. The molecule has 1 fully saturated rings. The molecule has 0 radical (unpaired) electrons. The van der Waals surface area contributed by atoms with Crippen molar-refractivity contribution in [3.05, 3.63) is 0 Å². The molecule has 1 rings (SSSR count). The second-order valence-electron chi connectivity index (χ2n) is 5.22. The molecule has 1 aliphatic rings. The minimum atomic E-state index is -0.139. The van der Waals surface area contributed by atoms with Crippen LogP contribution in [0.3, 0.4) is 0 Å². The van der Waals surface area contributed by atoms with Crippen LogP contribution < -0.4 is 5.32 Å². The van der Waals surface area contributed by atoms with E-state index in [4.69, 9.17) is 0 Å². The van der Waals surface area contributed by atoms with Crippen molar-refractivity contribution in [1.82, 2.24) is 10.2 Å². The maximum absolute atomic E-state index is 11.8. The Hall–Kier alpha value is -1.06. The standard InChI is InChI=1S/C12H22N2O2/c1-9(2)11(16)14-7-5-12(4,6-8-14)13-10(3)15/h9H,5-8H2,1-4H3,(H,13,15). The fourth-order valence-electron chi connectivity index (χ4n) is 2.14. The first-order valence-corrected chi connectivity index (χ1v) is 5.91. The van der Waals surface area contributed by atoms with Gasteiger partial charge < -0.3 is 10.2 Å². The maximum Gasteiger partial charge on any atom is 0.225 e. The molecule has 0 bridgehead atoms. The molecule has 0 saturated carbocycles. The molecule has 4 nitrogen and oxygen atoms in total.